The van der Waals surface area contributed by atoms with Crippen molar-refractivity contribution in [1.82, 2.24) is 0 Å². The smallest absolute Gasteiger partial charge is 0.188 e. The topological polar surface area (TPSA) is 112 Å². The van der Waals surface area contributed by atoms with Crippen molar-refractivity contribution in [3.63, 3.8) is 0 Å². The van der Waals surface area contributed by atoms with Gasteiger partial charge in [0.1, 0.15) is 22.7 Å². The lowest BCUT2D eigenvalue weighted by Gasteiger charge is -2.19. The summed E-state index contributed by atoms with van der Waals surface area (Å²) in [6.07, 6.45) is 4.92. The number of fused-ring (bicyclic) bond motifs is 1. The number of rotatable bonds is 3. The van der Waals surface area contributed by atoms with Crippen LogP contribution < -0.4 is 4.90 Å². The molecular weight excluding hydrogens is 384 g/mol. The molecule has 142 valence electrons. The van der Waals surface area contributed by atoms with Crippen LogP contribution in [0.3, 0.4) is 0 Å². The van der Waals surface area contributed by atoms with Crippen LogP contribution in [0.4, 0.5) is 5.00 Å². The van der Waals surface area contributed by atoms with E-state index in [9.17, 15) is 20.4 Å². The number of benzene rings is 1. The molecule has 6 nitrogen and oxygen atoms in total. The van der Waals surface area contributed by atoms with Crippen molar-refractivity contribution in [3.05, 3.63) is 75.0 Å². The Hall–Kier alpha value is -3.68. The number of hydrogen-bond donors (Lipinski definition) is 2. The average molecular weight is 400 g/mol. The Morgan fingerprint density at radius 2 is 1.90 bits per heavy atom. The molecule has 2 aromatic rings. The van der Waals surface area contributed by atoms with Crippen molar-refractivity contribution in [2.45, 2.75) is 25.7 Å². The van der Waals surface area contributed by atoms with Gasteiger partial charge in [0.15, 0.2) is 17.4 Å². The summed E-state index contributed by atoms with van der Waals surface area (Å²) in [4.78, 5) is 15.2. The van der Waals surface area contributed by atoms with Crippen LogP contribution in [0.15, 0.2) is 53.4 Å². The van der Waals surface area contributed by atoms with Gasteiger partial charge in [0.25, 0.3) is 0 Å². The number of nitriles is 2. The Bertz CT molecular complexity index is 1180. The number of carbonyl (C=O) groups excluding carboxylic acids is 1. The minimum Gasteiger partial charge on any atom is -0.504 e. The van der Waals surface area contributed by atoms with Crippen LogP contribution in [-0.4, -0.2) is 16.7 Å². The molecule has 0 saturated carbocycles. The maximum Gasteiger partial charge on any atom is 0.188 e. The van der Waals surface area contributed by atoms with Gasteiger partial charge in [0.2, 0.25) is 0 Å². The summed E-state index contributed by atoms with van der Waals surface area (Å²) in [5.41, 5.74) is 1.70. The normalized spacial score (nSPS) is 17.2. The zero-order valence-electron chi connectivity index (χ0n) is 15.4. The zero-order valence-corrected chi connectivity index (χ0v) is 16.2. The minimum atomic E-state index is -0.419. The first-order chi connectivity index (χ1) is 14.1. The number of nitrogens with zero attached hydrogens (tertiary/aromatic N) is 3. The highest BCUT2D eigenvalue weighted by Crippen LogP contribution is 2.44. The molecule has 2 heterocycles. The molecule has 1 aliphatic carbocycles. The predicted octanol–water partition coefficient (Wildman–Crippen LogP) is 4.40. The first-order valence-corrected chi connectivity index (χ1v) is 9.97. The van der Waals surface area contributed by atoms with Gasteiger partial charge in [-0.25, -0.2) is 0 Å². The van der Waals surface area contributed by atoms with Gasteiger partial charge in [-0.05, 0) is 31.2 Å². The van der Waals surface area contributed by atoms with E-state index in [2.05, 4.69) is 6.07 Å². The van der Waals surface area contributed by atoms with Crippen molar-refractivity contribution >= 4 is 28.0 Å². The summed E-state index contributed by atoms with van der Waals surface area (Å²) >= 11 is 1.39. The molecule has 2 N–H and O–H groups in total. The predicted molar refractivity (Wildman–Crippen MR) is 110 cm³/mol. The summed E-state index contributed by atoms with van der Waals surface area (Å²) in [6, 6.07) is 12.6. The molecule has 1 aromatic heterocycles. The van der Waals surface area contributed by atoms with Crippen LogP contribution >= 0.6 is 11.3 Å². The summed E-state index contributed by atoms with van der Waals surface area (Å²) in [5.74, 6) is -1.01. The van der Waals surface area contributed by atoms with Crippen molar-refractivity contribution in [2.75, 3.05) is 4.90 Å². The van der Waals surface area contributed by atoms with Gasteiger partial charge in [-0.15, -0.1) is 11.3 Å². The molecule has 0 bridgehead atoms. The summed E-state index contributed by atoms with van der Waals surface area (Å²) in [7, 11) is 0. The second-order valence-corrected chi connectivity index (χ2v) is 7.87. The average Bonchev–Trinajstić information content (AvgIpc) is 3.22. The number of aliphatic hydroxyl groups is 1. The maximum atomic E-state index is 12.7. The van der Waals surface area contributed by atoms with E-state index in [0.717, 1.165) is 36.1 Å². The second-order valence-electron chi connectivity index (χ2n) is 6.78. The van der Waals surface area contributed by atoms with E-state index >= 15 is 0 Å². The Kier molecular flexibility index (Phi) is 4.75. The van der Waals surface area contributed by atoms with Crippen LogP contribution in [0.5, 0.6) is 0 Å². The highest BCUT2D eigenvalue weighted by Gasteiger charge is 2.38. The van der Waals surface area contributed by atoms with E-state index in [1.54, 1.807) is 30.3 Å². The monoisotopic (exact) mass is 400 g/mol. The van der Waals surface area contributed by atoms with E-state index in [1.165, 1.54) is 22.3 Å². The lowest BCUT2D eigenvalue weighted by atomic mass is 9.96. The van der Waals surface area contributed by atoms with Gasteiger partial charge in [-0.2, -0.15) is 10.5 Å². The maximum absolute atomic E-state index is 12.7. The van der Waals surface area contributed by atoms with Gasteiger partial charge in [0, 0.05) is 16.5 Å². The van der Waals surface area contributed by atoms with Crippen LogP contribution in [0.1, 0.15) is 39.2 Å². The fraction of sp³-hybridized carbons (Fsp3) is 0.182. The highest BCUT2D eigenvalue weighted by atomic mass is 32.1. The van der Waals surface area contributed by atoms with E-state index < -0.39 is 5.76 Å². The molecule has 0 fully saturated rings. The number of thiophene rings is 1. The second kappa shape index (κ2) is 7.38. The van der Waals surface area contributed by atoms with Gasteiger partial charge in [-0.1, -0.05) is 30.3 Å². The molecule has 29 heavy (non-hydrogen) atoms. The standard InChI is InChI=1S/C22H16N4O2S/c23-11-15-14-8-4-5-9-19(14)29-22(15)26-17(20(28)16(12-24)21(26)25)10-18(27)13-6-2-1-3-7-13/h1-3,6-7,10,25,28H,4-5,8-9H2. The van der Waals surface area contributed by atoms with E-state index in [1.807, 2.05) is 6.07 Å². The summed E-state index contributed by atoms with van der Waals surface area (Å²) < 4.78 is 0. The van der Waals surface area contributed by atoms with Crippen molar-refractivity contribution in [3.8, 4) is 12.1 Å². The van der Waals surface area contributed by atoms with Crippen LogP contribution in [0.25, 0.3) is 0 Å². The first-order valence-electron chi connectivity index (χ1n) is 9.15. The third-order valence-corrected chi connectivity index (χ3v) is 6.36. The summed E-state index contributed by atoms with van der Waals surface area (Å²) in [5, 5.41) is 38.7. The lowest BCUT2D eigenvalue weighted by molar-refractivity contribution is 0.104. The van der Waals surface area contributed by atoms with Gasteiger partial charge >= 0.3 is 0 Å². The number of nitrogens with one attached hydrogen (secondary N) is 1. The quantitative estimate of drug-likeness (QED) is 0.586. The number of amidine groups is 1. The molecule has 1 aromatic carbocycles. The van der Waals surface area contributed by atoms with E-state index in [4.69, 9.17) is 5.41 Å². The number of aryl methyl sites for hydroxylation is 1. The fourth-order valence-electron chi connectivity index (χ4n) is 3.66. The Labute approximate surface area is 171 Å². The van der Waals surface area contributed by atoms with Gasteiger partial charge in [0.05, 0.1) is 11.3 Å². The minimum absolute atomic E-state index is 0.0514. The van der Waals surface area contributed by atoms with Crippen molar-refractivity contribution in [2.24, 2.45) is 0 Å². The Morgan fingerprint density at radius 3 is 2.59 bits per heavy atom. The van der Waals surface area contributed by atoms with Crippen LogP contribution in [0.2, 0.25) is 0 Å². The molecule has 1 aliphatic heterocycles. The molecule has 0 amide bonds. The lowest BCUT2D eigenvalue weighted by Crippen LogP contribution is -2.25. The Morgan fingerprint density at radius 1 is 1.17 bits per heavy atom. The number of anilines is 1. The zero-order chi connectivity index (χ0) is 20.5. The molecule has 0 radical (unpaired) electrons. The fourth-order valence-corrected chi connectivity index (χ4v) is 5.02. The molecular formula is C22H16N4O2S. The number of allylic oxidation sites excluding steroid dienone is 1. The summed E-state index contributed by atoms with van der Waals surface area (Å²) in [6.45, 7) is 0. The number of hydrogen-bond acceptors (Lipinski definition) is 6. The van der Waals surface area contributed by atoms with Gasteiger partial charge in [-0.3, -0.25) is 15.1 Å². The number of carbonyl (C=O) groups is 1. The van der Waals surface area contributed by atoms with Crippen LogP contribution in [-0.2, 0) is 12.8 Å². The largest absolute Gasteiger partial charge is 0.504 e. The number of ketones is 1. The molecule has 7 heteroatoms. The highest BCUT2D eigenvalue weighted by molar-refractivity contribution is 7.16. The van der Waals surface area contributed by atoms with E-state index in [0.29, 0.717) is 16.1 Å². The molecule has 2 aliphatic rings. The molecule has 0 unspecified atom stereocenters. The van der Waals surface area contributed by atoms with Gasteiger partial charge < -0.3 is 5.11 Å². The number of aliphatic hydroxyl groups excluding tert-OH is 1. The van der Waals surface area contributed by atoms with Crippen molar-refractivity contribution < 1.29 is 9.90 Å². The Balaban J connectivity index is 1.86. The molecule has 4 rings (SSSR count). The molecule has 0 atom stereocenters. The SMILES string of the molecule is N#CC1=C(O)C(=CC(=O)c2ccccc2)N(c2sc3c(c2C#N)CCCC3)C1=N. The molecule has 0 saturated heterocycles. The molecule has 0 spiro atoms. The third kappa shape index (κ3) is 3.02. The van der Waals surface area contributed by atoms with Crippen molar-refractivity contribution in [1.29, 1.82) is 15.9 Å². The first kappa shape index (κ1) is 18.7. The van der Waals surface area contributed by atoms with E-state index in [-0.39, 0.29) is 22.9 Å². The third-order valence-electron chi connectivity index (χ3n) is 5.09. The van der Waals surface area contributed by atoms with Crippen LogP contribution in [0, 0.1) is 28.1 Å².